The van der Waals surface area contributed by atoms with Gasteiger partial charge in [0.05, 0.1) is 6.26 Å². The first-order valence-electron chi connectivity index (χ1n) is 7.78. The predicted octanol–water partition coefficient (Wildman–Crippen LogP) is 2.64. The van der Waals surface area contributed by atoms with Gasteiger partial charge in [-0.05, 0) is 31.4 Å². The van der Waals surface area contributed by atoms with Gasteiger partial charge in [-0.15, -0.1) is 0 Å². The van der Waals surface area contributed by atoms with E-state index in [9.17, 15) is 4.79 Å². The molecular weight excluding hydrogens is 282 g/mol. The number of nitrogens with one attached hydrogen (secondary N) is 2. The molecule has 2 fully saturated rings. The van der Waals surface area contributed by atoms with Crippen LogP contribution in [0.4, 0.5) is 5.82 Å². The number of carbonyl (C=O) groups is 1. The quantitative estimate of drug-likeness (QED) is 0.909. The lowest BCUT2D eigenvalue weighted by Crippen LogP contribution is -2.15. The topological polar surface area (TPSA) is 80.1 Å². The van der Waals surface area contributed by atoms with E-state index in [0.717, 1.165) is 43.9 Å². The first kappa shape index (κ1) is 13.6. The zero-order valence-corrected chi connectivity index (χ0v) is 12.2. The number of nitrogens with zero attached hydrogens (tertiary/aromatic N) is 1. The van der Waals surface area contributed by atoms with Gasteiger partial charge < -0.3 is 14.5 Å². The number of carbonyl (C=O) groups excluding carboxylic acids is 1. The summed E-state index contributed by atoms with van der Waals surface area (Å²) in [4.78, 5) is 12.2. The van der Waals surface area contributed by atoms with Crippen molar-refractivity contribution in [2.75, 3.05) is 18.5 Å². The van der Waals surface area contributed by atoms with Crippen LogP contribution >= 0.6 is 0 Å². The molecule has 0 bridgehead atoms. The van der Waals surface area contributed by atoms with Crippen LogP contribution in [0.2, 0.25) is 0 Å². The Morgan fingerprint density at radius 1 is 1.36 bits per heavy atom. The Morgan fingerprint density at radius 3 is 3.00 bits per heavy atom. The van der Waals surface area contributed by atoms with Gasteiger partial charge in [0, 0.05) is 42.7 Å². The Morgan fingerprint density at radius 2 is 2.23 bits per heavy atom. The van der Waals surface area contributed by atoms with E-state index in [-0.39, 0.29) is 17.7 Å². The highest BCUT2D eigenvalue weighted by atomic mass is 16.5. The van der Waals surface area contributed by atoms with Crippen LogP contribution in [0.25, 0.3) is 0 Å². The Kier molecular flexibility index (Phi) is 3.46. The molecule has 1 aliphatic carbocycles. The summed E-state index contributed by atoms with van der Waals surface area (Å²) >= 11 is 0. The van der Waals surface area contributed by atoms with Gasteiger partial charge in [0.1, 0.15) is 5.76 Å². The molecule has 0 aromatic carbocycles. The summed E-state index contributed by atoms with van der Waals surface area (Å²) < 4.78 is 10.7. The molecule has 2 aromatic heterocycles. The van der Waals surface area contributed by atoms with Crippen LogP contribution in [-0.4, -0.2) is 29.3 Å². The molecule has 1 aliphatic heterocycles. The highest BCUT2D eigenvalue weighted by Crippen LogP contribution is 2.48. The van der Waals surface area contributed by atoms with Crippen molar-refractivity contribution in [2.24, 2.45) is 5.92 Å². The van der Waals surface area contributed by atoms with E-state index in [4.69, 9.17) is 9.15 Å². The van der Waals surface area contributed by atoms with E-state index in [1.165, 1.54) is 0 Å². The van der Waals surface area contributed by atoms with Crippen LogP contribution < -0.4 is 5.32 Å². The van der Waals surface area contributed by atoms with Crippen LogP contribution in [0.1, 0.15) is 42.6 Å². The Balaban J connectivity index is 1.36. The number of hydrogen-bond acceptors (Lipinski definition) is 4. The molecule has 2 N–H and O–H groups in total. The lowest BCUT2D eigenvalue weighted by atomic mass is 9.97. The first-order valence-corrected chi connectivity index (χ1v) is 7.78. The first-order chi connectivity index (χ1) is 10.8. The van der Waals surface area contributed by atoms with Crippen LogP contribution in [0.15, 0.2) is 28.9 Å². The number of furan rings is 1. The van der Waals surface area contributed by atoms with E-state index >= 15 is 0 Å². The SMILES string of the molecule is O=C(Nc1cc(C2CCOCC2)[nH]n1)[C@H]1C[C@@H]1c1ccco1. The molecule has 0 spiro atoms. The molecule has 6 heteroatoms. The van der Waals surface area contributed by atoms with Gasteiger partial charge in [-0.2, -0.15) is 5.10 Å². The zero-order chi connectivity index (χ0) is 14.9. The number of aromatic nitrogens is 2. The molecule has 3 heterocycles. The van der Waals surface area contributed by atoms with Gasteiger partial charge in [0.25, 0.3) is 0 Å². The van der Waals surface area contributed by atoms with E-state index in [1.807, 2.05) is 18.2 Å². The van der Waals surface area contributed by atoms with Crippen LogP contribution in [0, 0.1) is 5.92 Å². The molecule has 116 valence electrons. The number of rotatable bonds is 4. The maximum absolute atomic E-state index is 12.2. The van der Waals surface area contributed by atoms with Crippen molar-refractivity contribution in [1.82, 2.24) is 10.2 Å². The lowest BCUT2D eigenvalue weighted by Gasteiger charge is -2.20. The van der Waals surface area contributed by atoms with Crippen LogP contribution in [-0.2, 0) is 9.53 Å². The highest BCUT2D eigenvalue weighted by Gasteiger charge is 2.46. The van der Waals surface area contributed by atoms with Gasteiger partial charge in [-0.25, -0.2) is 0 Å². The molecule has 1 amide bonds. The molecule has 0 radical (unpaired) electrons. The summed E-state index contributed by atoms with van der Waals surface area (Å²) in [6.07, 6.45) is 4.49. The number of aromatic amines is 1. The molecule has 1 saturated carbocycles. The largest absolute Gasteiger partial charge is 0.469 e. The second-order valence-corrected chi connectivity index (χ2v) is 6.05. The minimum atomic E-state index is -0.00520. The summed E-state index contributed by atoms with van der Waals surface area (Å²) in [7, 11) is 0. The lowest BCUT2D eigenvalue weighted by molar-refractivity contribution is -0.117. The standard InChI is InChI=1S/C16H19N3O3/c20-16(12-8-11(12)14-2-1-5-22-14)17-15-9-13(18-19-15)10-3-6-21-7-4-10/h1-2,5,9-12H,3-4,6-8H2,(H2,17,18,19,20)/t11-,12-/m0/s1. The van der Waals surface area contributed by atoms with Crippen molar-refractivity contribution in [3.63, 3.8) is 0 Å². The Bertz CT molecular complexity index is 643. The van der Waals surface area contributed by atoms with Crippen molar-refractivity contribution >= 4 is 11.7 Å². The molecule has 2 aliphatic rings. The van der Waals surface area contributed by atoms with Crippen molar-refractivity contribution in [1.29, 1.82) is 0 Å². The maximum Gasteiger partial charge on any atom is 0.229 e. The summed E-state index contributed by atoms with van der Waals surface area (Å²) in [5, 5.41) is 10.1. The summed E-state index contributed by atoms with van der Waals surface area (Å²) in [6, 6.07) is 5.73. The third-order valence-electron chi connectivity index (χ3n) is 4.55. The predicted molar refractivity (Wildman–Crippen MR) is 79.6 cm³/mol. The number of ether oxygens (including phenoxy) is 1. The molecule has 2 atom stereocenters. The average molecular weight is 301 g/mol. The van der Waals surface area contributed by atoms with Gasteiger partial charge in [-0.3, -0.25) is 9.89 Å². The fourth-order valence-corrected chi connectivity index (χ4v) is 3.14. The van der Waals surface area contributed by atoms with E-state index in [1.54, 1.807) is 6.26 Å². The van der Waals surface area contributed by atoms with Crippen LogP contribution in [0.3, 0.4) is 0 Å². The molecular formula is C16H19N3O3. The molecule has 2 aromatic rings. The fourth-order valence-electron chi connectivity index (χ4n) is 3.14. The number of amides is 1. The smallest absolute Gasteiger partial charge is 0.229 e. The molecule has 4 rings (SSSR count). The fraction of sp³-hybridized carbons (Fsp3) is 0.500. The Hall–Kier alpha value is -2.08. The minimum absolute atomic E-state index is 0.00520. The number of anilines is 1. The van der Waals surface area contributed by atoms with E-state index in [0.29, 0.717) is 11.7 Å². The molecule has 1 saturated heterocycles. The van der Waals surface area contributed by atoms with Gasteiger partial charge in [0.15, 0.2) is 5.82 Å². The second-order valence-electron chi connectivity index (χ2n) is 6.05. The van der Waals surface area contributed by atoms with Crippen molar-refractivity contribution in [3.05, 3.63) is 35.9 Å². The highest BCUT2D eigenvalue weighted by molar-refractivity contribution is 5.94. The van der Waals surface area contributed by atoms with Crippen molar-refractivity contribution < 1.29 is 13.9 Å². The van der Waals surface area contributed by atoms with E-state index < -0.39 is 0 Å². The second kappa shape index (κ2) is 5.61. The van der Waals surface area contributed by atoms with Gasteiger partial charge in [0.2, 0.25) is 5.91 Å². The van der Waals surface area contributed by atoms with Gasteiger partial charge in [-0.1, -0.05) is 0 Å². The molecule has 0 unspecified atom stereocenters. The minimum Gasteiger partial charge on any atom is -0.469 e. The summed E-state index contributed by atoms with van der Waals surface area (Å²) in [5.41, 5.74) is 1.08. The van der Waals surface area contributed by atoms with Crippen LogP contribution in [0.5, 0.6) is 0 Å². The zero-order valence-electron chi connectivity index (χ0n) is 12.2. The Labute approximate surface area is 128 Å². The monoisotopic (exact) mass is 301 g/mol. The third-order valence-corrected chi connectivity index (χ3v) is 4.55. The maximum atomic E-state index is 12.2. The third kappa shape index (κ3) is 2.66. The van der Waals surface area contributed by atoms with E-state index in [2.05, 4.69) is 15.5 Å². The summed E-state index contributed by atoms with van der Waals surface area (Å²) in [5.74, 6) is 2.18. The molecule has 22 heavy (non-hydrogen) atoms. The van der Waals surface area contributed by atoms with Crippen molar-refractivity contribution in [2.45, 2.75) is 31.1 Å². The summed E-state index contributed by atoms with van der Waals surface area (Å²) in [6.45, 7) is 1.58. The average Bonchev–Trinajstić information content (AvgIpc) is 2.97. The number of H-pyrrole nitrogens is 1. The van der Waals surface area contributed by atoms with Crippen molar-refractivity contribution in [3.8, 4) is 0 Å². The number of hydrogen-bond donors (Lipinski definition) is 2. The molecule has 6 nitrogen and oxygen atoms in total. The normalized spacial score (nSPS) is 25.1. The van der Waals surface area contributed by atoms with Gasteiger partial charge >= 0.3 is 0 Å².